The third-order valence-electron chi connectivity index (χ3n) is 6.05. The molecule has 1 heterocycles. The maximum Gasteiger partial charge on any atom is 0.335 e. The molecule has 1 spiro atoms. The summed E-state index contributed by atoms with van der Waals surface area (Å²) < 4.78 is 0. The molecule has 1 atom stereocenters. The van der Waals surface area contributed by atoms with Gasteiger partial charge in [0.15, 0.2) is 0 Å². The summed E-state index contributed by atoms with van der Waals surface area (Å²) in [5.41, 5.74) is 2.84. The Kier molecular flexibility index (Phi) is 3.43. The minimum atomic E-state index is -0.865. The predicted molar refractivity (Wildman–Crippen MR) is 86.4 cm³/mol. The standard InChI is InChI=1S/C19H23NO3/c21-17-10-19(12-20(17)11-13-2-1-3-13)7-6-14-8-15(18(22)23)4-5-16(14)9-19/h4-5,8,13H,1-3,6-7,9-12H2,(H,22,23)/t19-/m1/s1. The highest BCUT2D eigenvalue weighted by molar-refractivity contribution is 5.88. The number of hydrogen-bond acceptors (Lipinski definition) is 2. The fourth-order valence-electron chi connectivity index (χ4n) is 4.48. The smallest absolute Gasteiger partial charge is 0.335 e. The van der Waals surface area contributed by atoms with Crippen molar-refractivity contribution in [1.29, 1.82) is 0 Å². The summed E-state index contributed by atoms with van der Waals surface area (Å²) in [7, 11) is 0. The molecule has 3 aliphatic rings. The number of carbonyl (C=O) groups excluding carboxylic acids is 1. The van der Waals surface area contributed by atoms with Crippen molar-refractivity contribution in [3.8, 4) is 0 Å². The zero-order chi connectivity index (χ0) is 16.0. The lowest BCUT2D eigenvalue weighted by Gasteiger charge is -2.35. The molecule has 1 N–H and O–H groups in total. The van der Waals surface area contributed by atoms with E-state index in [1.165, 1.54) is 24.8 Å². The third kappa shape index (κ3) is 2.64. The van der Waals surface area contributed by atoms with Crippen molar-refractivity contribution in [2.45, 2.75) is 44.9 Å². The quantitative estimate of drug-likeness (QED) is 0.933. The number of benzene rings is 1. The lowest BCUT2D eigenvalue weighted by atomic mass is 9.70. The Hall–Kier alpha value is -1.84. The molecule has 2 aliphatic carbocycles. The summed E-state index contributed by atoms with van der Waals surface area (Å²) in [4.78, 5) is 25.6. The molecule has 1 saturated carbocycles. The highest BCUT2D eigenvalue weighted by atomic mass is 16.4. The van der Waals surface area contributed by atoms with Crippen LogP contribution < -0.4 is 0 Å². The van der Waals surface area contributed by atoms with Crippen LogP contribution in [-0.4, -0.2) is 35.0 Å². The van der Waals surface area contributed by atoms with E-state index in [2.05, 4.69) is 4.90 Å². The Bertz CT molecular complexity index is 665. The molecule has 2 fully saturated rings. The molecule has 0 unspecified atom stereocenters. The Balaban J connectivity index is 1.51. The van der Waals surface area contributed by atoms with E-state index in [-0.39, 0.29) is 5.41 Å². The second-order valence-corrected chi connectivity index (χ2v) is 7.71. The van der Waals surface area contributed by atoms with E-state index in [0.29, 0.717) is 17.9 Å². The van der Waals surface area contributed by atoms with Crippen molar-refractivity contribution < 1.29 is 14.7 Å². The van der Waals surface area contributed by atoms with Crippen LogP contribution in [0.1, 0.15) is 53.6 Å². The predicted octanol–water partition coefficient (Wildman–Crippen LogP) is 2.89. The summed E-state index contributed by atoms with van der Waals surface area (Å²) in [6.07, 6.45) is 7.33. The molecule has 0 bridgehead atoms. The van der Waals surface area contributed by atoms with Crippen LogP contribution in [0.2, 0.25) is 0 Å². The van der Waals surface area contributed by atoms with E-state index in [1.807, 2.05) is 12.1 Å². The minimum absolute atomic E-state index is 0.0819. The van der Waals surface area contributed by atoms with E-state index in [9.17, 15) is 9.59 Å². The van der Waals surface area contributed by atoms with Crippen molar-refractivity contribution in [3.05, 3.63) is 34.9 Å². The lowest BCUT2D eigenvalue weighted by Crippen LogP contribution is -2.36. The summed E-state index contributed by atoms with van der Waals surface area (Å²) in [6, 6.07) is 5.47. The summed E-state index contributed by atoms with van der Waals surface area (Å²) in [5.74, 6) is 0.182. The number of likely N-dealkylation sites (tertiary alicyclic amines) is 1. The number of nitrogens with zero attached hydrogens (tertiary/aromatic N) is 1. The van der Waals surface area contributed by atoms with Crippen LogP contribution in [0, 0.1) is 11.3 Å². The molecule has 0 radical (unpaired) electrons. The van der Waals surface area contributed by atoms with Crippen molar-refractivity contribution >= 4 is 11.9 Å². The van der Waals surface area contributed by atoms with Gasteiger partial charge in [0.05, 0.1) is 5.56 Å². The second kappa shape index (κ2) is 5.36. The summed E-state index contributed by atoms with van der Waals surface area (Å²) in [5, 5.41) is 9.12. The zero-order valence-corrected chi connectivity index (χ0v) is 13.4. The van der Waals surface area contributed by atoms with Crippen molar-refractivity contribution in [2.75, 3.05) is 13.1 Å². The Morgan fingerprint density at radius 2 is 2.09 bits per heavy atom. The van der Waals surface area contributed by atoms with Gasteiger partial charge in [-0.15, -0.1) is 0 Å². The first-order valence-electron chi connectivity index (χ1n) is 8.68. The van der Waals surface area contributed by atoms with Crippen molar-refractivity contribution in [1.82, 2.24) is 4.90 Å². The summed E-state index contributed by atoms with van der Waals surface area (Å²) >= 11 is 0. The zero-order valence-electron chi connectivity index (χ0n) is 13.4. The van der Waals surface area contributed by atoms with Gasteiger partial charge in [0.25, 0.3) is 0 Å². The average Bonchev–Trinajstić information content (AvgIpc) is 2.78. The molecular weight excluding hydrogens is 290 g/mol. The van der Waals surface area contributed by atoms with Crippen molar-refractivity contribution in [3.63, 3.8) is 0 Å². The molecule has 0 aromatic heterocycles. The highest BCUT2D eigenvalue weighted by Crippen LogP contribution is 2.44. The van der Waals surface area contributed by atoms with Gasteiger partial charge >= 0.3 is 5.97 Å². The first-order valence-corrected chi connectivity index (χ1v) is 8.68. The number of carbonyl (C=O) groups is 2. The number of hydrogen-bond donors (Lipinski definition) is 1. The number of amides is 1. The fraction of sp³-hybridized carbons (Fsp3) is 0.579. The maximum atomic E-state index is 12.4. The highest BCUT2D eigenvalue weighted by Gasteiger charge is 2.45. The molecule has 122 valence electrons. The van der Waals surface area contributed by atoms with E-state index in [0.717, 1.165) is 43.8 Å². The van der Waals surface area contributed by atoms with Crippen LogP contribution in [0.15, 0.2) is 18.2 Å². The maximum absolute atomic E-state index is 12.4. The number of rotatable bonds is 3. The minimum Gasteiger partial charge on any atom is -0.478 e. The van der Waals surface area contributed by atoms with Crippen LogP contribution in [0.5, 0.6) is 0 Å². The third-order valence-corrected chi connectivity index (χ3v) is 6.05. The molecular formula is C19H23NO3. The Labute approximate surface area is 136 Å². The van der Waals surface area contributed by atoms with E-state index in [1.54, 1.807) is 6.07 Å². The van der Waals surface area contributed by atoms with Gasteiger partial charge in [-0.1, -0.05) is 12.5 Å². The van der Waals surface area contributed by atoms with Gasteiger partial charge in [-0.2, -0.15) is 0 Å². The molecule has 1 saturated heterocycles. The van der Waals surface area contributed by atoms with Gasteiger partial charge < -0.3 is 10.0 Å². The fourth-order valence-corrected chi connectivity index (χ4v) is 4.48. The number of aromatic carboxylic acids is 1. The molecule has 1 aliphatic heterocycles. The van der Waals surface area contributed by atoms with Crippen molar-refractivity contribution in [2.24, 2.45) is 11.3 Å². The molecule has 4 rings (SSSR count). The second-order valence-electron chi connectivity index (χ2n) is 7.71. The largest absolute Gasteiger partial charge is 0.478 e. The monoisotopic (exact) mass is 313 g/mol. The van der Waals surface area contributed by atoms with Gasteiger partial charge in [-0.3, -0.25) is 4.79 Å². The summed E-state index contributed by atoms with van der Waals surface area (Å²) in [6.45, 7) is 1.84. The number of aryl methyl sites for hydroxylation is 1. The topological polar surface area (TPSA) is 57.6 Å². The first-order chi connectivity index (χ1) is 11.0. The van der Waals surface area contributed by atoms with E-state index >= 15 is 0 Å². The number of carboxylic acid groups (broad SMARTS) is 1. The van der Waals surface area contributed by atoms with Crippen LogP contribution in [0.4, 0.5) is 0 Å². The van der Waals surface area contributed by atoms with E-state index in [4.69, 9.17) is 5.11 Å². The molecule has 1 amide bonds. The first kappa shape index (κ1) is 14.7. The average molecular weight is 313 g/mol. The molecule has 1 aromatic carbocycles. The normalized spacial score (nSPS) is 27.1. The SMILES string of the molecule is O=C(O)c1ccc2c(c1)CC[C@]1(CC(=O)N(CC3CCC3)C1)C2. The van der Waals surface area contributed by atoms with Gasteiger partial charge in [-0.25, -0.2) is 4.79 Å². The van der Waals surface area contributed by atoms with Crippen LogP contribution in [-0.2, 0) is 17.6 Å². The molecule has 4 nitrogen and oxygen atoms in total. The van der Waals surface area contributed by atoms with Crippen LogP contribution in [0.3, 0.4) is 0 Å². The Morgan fingerprint density at radius 3 is 2.78 bits per heavy atom. The molecule has 4 heteroatoms. The molecule has 1 aromatic rings. The number of fused-ring (bicyclic) bond motifs is 1. The van der Waals surface area contributed by atoms with Gasteiger partial charge in [0.2, 0.25) is 5.91 Å². The number of carboxylic acids is 1. The van der Waals surface area contributed by atoms with E-state index < -0.39 is 5.97 Å². The molecule has 23 heavy (non-hydrogen) atoms. The van der Waals surface area contributed by atoms with Gasteiger partial charge in [-0.05, 0) is 61.3 Å². The van der Waals surface area contributed by atoms with Crippen LogP contribution >= 0.6 is 0 Å². The lowest BCUT2D eigenvalue weighted by molar-refractivity contribution is -0.128. The Morgan fingerprint density at radius 1 is 1.26 bits per heavy atom. The van der Waals surface area contributed by atoms with Gasteiger partial charge in [0, 0.05) is 24.9 Å². The van der Waals surface area contributed by atoms with Crippen LogP contribution in [0.25, 0.3) is 0 Å². The van der Waals surface area contributed by atoms with Gasteiger partial charge in [0.1, 0.15) is 0 Å².